The van der Waals surface area contributed by atoms with Gasteiger partial charge in [0.05, 0.1) is 27.4 Å². The molecule has 164 valence electrons. The zero-order valence-electron chi connectivity index (χ0n) is 17.4. The fraction of sp³-hybridized carbons (Fsp3) is 0.435. The zero-order valence-corrected chi connectivity index (χ0v) is 18.9. The molecule has 2 aliphatic rings. The number of hydrogen-bond donors (Lipinski definition) is 0. The molecule has 4 rings (SSSR count). The minimum absolute atomic E-state index is 0.0491. The molecule has 2 aromatic carbocycles. The standard InChI is InChI=1S/C23H25Cl2N3O3/c1-26(22(29)13-15-4-8-19(24)20(25)12-15)23-18-14-17(28(30)31)7-5-16(18)6-9-21(23)27-10-2-3-11-27/h4-5,7-8,12,14,21,23H,2-3,6,9-11,13H2,1H3/t21-,23-/m0/s1. The molecule has 1 fully saturated rings. The Hall–Kier alpha value is -2.15. The predicted molar refractivity (Wildman–Crippen MR) is 122 cm³/mol. The first-order chi connectivity index (χ1) is 14.8. The van der Waals surface area contributed by atoms with Crippen LogP contribution in [0.2, 0.25) is 10.0 Å². The number of nitro benzene ring substituents is 1. The van der Waals surface area contributed by atoms with E-state index in [9.17, 15) is 14.9 Å². The Morgan fingerprint density at radius 3 is 2.58 bits per heavy atom. The molecule has 0 radical (unpaired) electrons. The molecule has 1 heterocycles. The summed E-state index contributed by atoms with van der Waals surface area (Å²) in [5.41, 5.74) is 2.83. The minimum atomic E-state index is -0.367. The molecule has 1 aliphatic heterocycles. The number of carbonyl (C=O) groups is 1. The molecular weight excluding hydrogens is 437 g/mol. The average Bonchev–Trinajstić information content (AvgIpc) is 3.29. The number of likely N-dealkylation sites (tertiary alicyclic amines) is 1. The summed E-state index contributed by atoms with van der Waals surface area (Å²) in [6, 6.07) is 10.2. The van der Waals surface area contributed by atoms with E-state index in [2.05, 4.69) is 4.90 Å². The number of rotatable bonds is 5. The molecule has 6 nitrogen and oxygen atoms in total. The van der Waals surface area contributed by atoms with Crippen molar-refractivity contribution in [3.63, 3.8) is 0 Å². The molecule has 1 amide bonds. The molecule has 1 aliphatic carbocycles. The van der Waals surface area contributed by atoms with Crippen molar-refractivity contribution in [2.24, 2.45) is 0 Å². The van der Waals surface area contributed by atoms with Crippen LogP contribution in [0.5, 0.6) is 0 Å². The second-order valence-corrected chi connectivity index (χ2v) is 9.18. The summed E-state index contributed by atoms with van der Waals surface area (Å²) in [7, 11) is 1.81. The third-order valence-electron chi connectivity index (χ3n) is 6.49. The number of nitrogens with zero attached hydrogens (tertiary/aromatic N) is 3. The van der Waals surface area contributed by atoms with Crippen LogP contribution in [0.15, 0.2) is 36.4 Å². The van der Waals surface area contributed by atoms with Gasteiger partial charge in [-0.2, -0.15) is 0 Å². The summed E-state index contributed by atoms with van der Waals surface area (Å²) < 4.78 is 0. The molecule has 2 atom stereocenters. The van der Waals surface area contributed by atoms with Crippen molar-refractivity contribution in [1.82, 2.24) is 9.80 Å². The predicted octanol–water partition coefficient (Wildman–Crippen LogP) is 5.05. The van der Waals surface area contributed by atoms with Gasteiger partial charge in [-0.3, -0.25) is 19.8 Å². The highest BCUT2D eigenvalue weighted by Crippen LogP contribution is 2.39. The van der Waals surface area contributed by atoms with Gasteiger partial charge in [0.1, 0.15) is 0 Å². The first kappa shape index (κ1) is 22.1. The van der Waals surface area contributed by atoms with Crippen molar-refractivity contribution in [3.05, 3.63) is 73.2 Å². The third-order valence-corrected chi connectivity index (χ3v) is 7.23. The van der Waals surface area contributed by atoms with Gasteiger partial charge in [0.15, 0.2) is 0 Å². The summed E-state index contributed by atoms with van der Waals surface area (Å²) in [4.78, 5) is 28.6. The van der Waals surface area contributed by atoms with Crippen LogP contribution in [0, 0.1) is 10.1 Å². The van der Waals surface area contributed by atoms with Crippen LogP contribution in [0.4, 0.5) is 5.69 Å². The topological polar surface area (TPSA) is 66.7 Å². The molecule has 8 heteroatoms. The SMILES string of the molecule is CN(C(=O)Cc1ccc(Cl)c(Cl)c1)[C@H]1c2cc([N+](=O)[O-])ccc2CC[C@@H]1N1CCCC1. The molecule has 0 aromatic heterocycles. The number of aryl methyl sites for hydroxylation is 1. The first-order valence-electron chi connectivity index (χ1n) is 10.6. The van der Waals surface area contributed by atoms with Crippen LogP contribution >= 0.6 is 23.2 Å². The minimum Gasteiger partial charge on any atom is -0.337 e. The van der Waals surface area contributed by atoms with E-state index in [1.54, 1.807) is 35.2 Å². The van der Waals surface area contributed by atoms with Crippen molar-refractivity contribution in [2.75, 3.05) is 20.1 Å². The van der Waals surface area contributed by atoms with E-state index in [1.807, 2.05) is 13.1 Å². The van der Waals surface area contributed by atoms with Crippen LogP contribution in [0.1, 0.15) is 42.0 Å². The smallest absolute Gasteiger partial charge is 0.269 e. The van der Waals surface area contributed by atoms with E-state index >= 15 is 0 Å². The average molecular weight is 462 g/mol. The molecule has 2 aromatic rings. The van der Waals surface area contributed by atoms with E-state index in [0.717, 1.165) is 55.5 Å². The number of amides is 1. The number of non-ortho nitro benzene ring substituents is 1. The fourth-order valence-corrected chi connectivity index (χ4v) is 5.21. The van der Waals surface area contributed by atoms with Gasteiger partial charge >= 0.3 is 0 Å². The summed E-state index contributed by atoms with van der Waals surface area (Å²) in [6.07, 6.45) is 4.28. The third kappa shape index (κ3) is 4.56. The number of benzene rings is 2. The lowest BCUT2D eigenvalue weighted by atomic mass is 9.82. The second kappa shape index (κ2) is 9.15. The molecule has 1 saturated heterocycles. The van der Waals surface area contributed by atoms with E-state index in [1.165, 1.54) is 0 Å². The van der Waals surface area contributed by atoms with Crippen molar-refractivity contribution in [3.8, 4) is 0 Å². The molecule has 0 unspecified atom stereocenters. The van der Waals surface area contributed by atoms with Crippen LogP contribution in [0.25, 0.3) is 0 Å². The van der Waals surface area contributed by atoms with E-state index < -0.39 is 0 Å². The number of fused-ring (bicyclic) bond motifs is 1. The van der Waals surface area contributed by atoms with Crippen molar-refractivity contribution in [1.29, 1.82) is 0 Å². The molecule has 0 N–H and O–H groups in total. The van der Waals surface area contributed by atoms with Gasteiger partial charge in [-0.25, -0.2) is 0 Å². The van der Waals surface area contributed by atoms with Crippen LogP contribution in [0.3, 0.4) is 0 Å². The van der Waals surface area contributed by atoms with Gasteiger partial charge in [0.25, 0.3) is 5.69 Å². The van der Waals surface area contributed by atoms with Gasteiger partial charge in [-0.05, 0) is 67.6 Å². The van der Waals surface area contributed by atoms with Gasteiger partial charge in [0, 0.05) is 25.2 Å². The number of nitro groups is 1. The molecule has 31 heavy (non-hydrogen) atoms. The summed E-state index contributed by atoms with van der Waals surface area (Å²) in [6.45, 7) is 2.00. The highest BCUT2D eigenvalue weighted by molar-refractivity contribution is 6.42. The highest BCUT2D eigenvalue weighted by atomic mass is 35.5. The molecule has 0 bridgehead atoms. The van der Waals surface area contributed by atoms with Crippen molar-refractivity contribution in [2.45, 2.75) is 44.2 Å². The number of halogens is 2. The summed E-state index contributed by atoms with van der Waals surface area (Å²) in [5.74, 6) is -0.0491. The normalized spacial score (nSPS) is 21.0. The summed E-state index contributed by atoms with van der Waals surface area (Å²) in [5, 5.41) is 12.3. The maximum atomic E-state index is 13.3. The summed E-state index contributed by atoms with van der Waals surface area (Å²) >= 11 is 12.1. The molecule has 0 saturated carbocycles. The van der Waals surface area contributed by atoms with Crippen LogP contribution < -0.4 is 0 Å². The first-order valence-corrected chi connectivity index (χ1v) is 11.3. The van der Waals surface area contributed by atoms with Crippen molar-refractivity contribution < 1.29 is 9.72 Å². The monoisotopic (exact) mass is 461 g/mol. The lowest BCUT2D eigenvalue weighted by Gasteiger charge is -2.43. The van der Waals surface area contributed by atoms with Gasteiger partial charge < -0.3 is 4.90 Å². The number of likely N-dealkylation sites (N-methyl/N-ethyl adjacent to an activating group) is 1. The van der Waals surface area contributed by atoms with E-state index in [0.29, 0.717) is 10.0 Å². The largest absolute Gasteiger partial charge is 0.337 e. The van der Waals surface area contributed by atoms with E-state index in [-0.39, 0.29) is 35.0 Å². The number of carbonyl (C=O) groups excluding carboxylic acids is 1. The lowest BCUT2D eigenvalue weighted by Crippen LogP contribution is -2.48. The zero-order chi connectivity index (χ0) is 22.1. The quantitative estimate of drug-likeness (QED) is 0.461. The van der Waals surface area contributed by atoms with Gasteiger partial charge in [0.2, 0.25) is 5.91 Å². The Labute approximate surface area is 191 Å². The van der Waals surface area contributed by atoms with Crippen molar-refractivity contribution >= 4 is 34.8 Å². The van der Waals surface area contributed by atoms with Gasteiger partial charge in [-0.1, -0.05) is 35.3 Å². The van der Waals surface area contributed by atoms with Gasteiger partial charge in [-0.15, -0.1) is 0 Å². The molecule has 0 spiro atoms. The highest BCUT2D eigenvalue weighted by Gasteiger charge is 2.39. The number of hydrogen-bond acceptors (Lipinski definition) is 4. The molecular formula is C23H25Cl2N3O3. The fourth-order valence-electron chi connectivity index (χ4n) is 4.89. The Balaban J connectivity index is 1.67. The van der Waals surface area contributed by atoms with Crippen LogP contribution in [-0.4, -0.2) is 46.8 Å². The van der Waals surface area contributed by atoms with Crippen LogP contribution in [-0.2, 0) is 17.6 Å². The van der Waals surface area contributed by atoms with E-state index in [4.69, 9.17) is 23.2 Å². The Morgan fingerprint density at radius 1 is 1.16 bits per heavy atom. The lowest BCUT2D eigenvalue weighted by molar-refractivity contribution is -0.385. The maximum absolute atomic E-state index is 13.3. The Bertz CT molecular complexity index is 1010. The Morgan fingerprint density at radius 2 is 1.90 bits per heavy atom. The Kier molecular flexibility index (Phi) is 6.51. The second-order valence-electron chi connectivity index (χ2n) is 8.36. The maximum Gasteiger partial charge on any atom is 0.269 e.